The summed E-state index contributed by atoms with van der Waals surface area (Å²) in [5, 5.41) is 4.83. The predicted molar refractivity (Wildman–Crippen MR) is 92.8 cm³/mol. The van der Waals surface area contributed by atoms with E-state index in [0.29, 0.717) is 25.9 Å². The lowest BCUT2D eigenvalue weighted by atomic mass is 10.2. The fraction of sp³-hybridized carbons (Fsp3) is 0. The third-order valence-corrected chi connectivity index (χ3v) is 4.61. The van der Waals surface area contributed by atoms with Gasteiger partial charge in [-0.25, -0.2) is 4.39 Å². The lowest BCUT2D eigenvalue weighted by Gasteiger charge is -1.94. The van der Waals surface area contributed by atoms with E-state index in [1.54, 1.807) is 36.4 Å². The van der Waals surface area contributed by atoms with Crippen LogP contribution >= 0.6 is 22.9 Å². The highest BCUT2D eigenvalue weighted by Gasteiger charge is 2.12. The molecule has 0 unspecified atom stereocenters. The van der Waals surface area contributed by atoms with Crippen molar-refractivity contribution < 1.29 is 4.39 Å². The maximum Gasteiger partial charge on any atom is 0.291 e. The Morgan fingerprint density at radius 2 is 2.00 bits per heavy atom. The van der Waals surface area contributed by atoms with Crippen molar-refractivity contribution >= 4 is 34.0 Å². The van der Waals surface area contributed by atoms with Crippen molar-refractivity contribution in [1.82, 2.24) is 14.6 Å². The van der Waals surface area contributed by atoms with E-state index in [4.69, 9.17) is 11.6 Å². The monoisotopic (exact) mass is 357 g/mol. The molecular formula is C17H9ClFN3OS. The lowest BCUT2D eigenvalue weighted by Crippen LogP contribution is -2.23. The Kier molecular flexibility index (Phi) is 3.63. The van der Waals surface area contributed by atoms with E-state index in [9.17, 15) is 9.18 Å². The molecule has 118 valence electrons. The summed E-state index contributed by atoms with van der Waals surface area (Å²) < 4.78 is 15.0. The second kappa shape index (κ2) is 5.81. The summed E-state index contributed by atoms with van der Waals surface area (Å²) in [6.07, 6.45) is 1.63. The minimum Gasteiger partial charge on any atom is -0.266 e. The molecular weight excluding hydrogens is 349 g/mol. The molecule has 0 atom stereocenters. The summed E-state index contributed by atoms with van der Waals surface area (Å²) in [5.41, 5.74) is 1.08. The maximum atomic E-state index is 13.3. The molecule has 2 heterocycles. The van der Waals surface area contributed by atoms with Crippen LogP contribution in [0.15, 0.2) is 53.3 Å². The number of benzene rings is 2. The summed E-state index contributed by atoms with van der Waals surface area (Å²) >= 11 is 7.18. The largest absolute Gasteiger partial charge is 0.291 e. The number of nitrogens with zero attached hydrogens (tertiary/aromatic N) is 3. The van der Waals surface area contributed by atoms with Crippen molar-refractivity contribution in [3.63, 3.8) is 0 Å². The van der Waals surface area contributed by atoms with E-state index in [0.717, 1.165) is 5.56 Å². The lowest BCUT2D eigenvalue weighted by molar-refractivity contribution is 0.627. The average molecular weight is 358 g/mol. The van der Waals surface area contributed by atoms with Crippen molar-refractivity contribution in [2.45, 2.75) is 0 Å². The molecule has 4 rings (SSSR count). The topological polar surface area (TPSA) is 47.3 Å². The van der Waals surface area contributed by atoms with Crippen LogP contribution in [0.2, 0.25) is 5.02 Å². The molecule has 0 bridgehead atoms. The summed E-state index contributed by atoms with van der Waals surface area (Å²) in [7, 11) is 0. The molecule has 2 aromatic carbocycles. The van der Waals surface area contributed by atoms with Gasteiger partial charge in [0, 0.05) is 10.6 Å². The number of halogens is 2. The molecule has 0 saturated carbocycles. The molecule has 0 aliphatic rings. The highest BCUT2D eigenvalue weighted by atomic mass is 35.5. The Morgan fingerprint density at radius 1 is 1.17 bits per heavy atom. The zero-order valence-corrected chi connectivity index (χ0v) is 13.7. The molecule has 4 aromatic rings. The molecule has 0 saturated heterocycles. The second-order valence-electron chi connectivity index (χ2n) is 5.11. The summed E-state index contributed by atoms with van der Waals surface area (Å²) in [4.78, 5) is 17.3. The second-order valence-corrected chi connectivity index (χ2v) is 6.56. The van der Waals surface area contributed by atoms with Gasteiger partial charge in [0.05, 0.1) is 4.53 Å². The van der Waals surface area contributed by atoms with Gasteiger partial charge in [-0.05, 0) is 35.9 Å². The van der Waals surface area contributed by atoms with Gasteiger partial charge in [-0.1, -0.05) is 47.2 Å². The smallest absolute Gasteiger partial charge is 0.266 e. The highest BCUT2D eigenvalue weighted by Crippen LogP contribution is 2.20. The molecule has 0 fully saturated rings. The highest BCUT2D eigenvalue weighted by molar-refractivity contribution is 7.15. The molecule has 0 aliphatic heterocycles. The van der Waals surface area contributed by atoms with Crippen LogP contribution in [0.4, 0.5) is 4.39 Å². The van der Waals surface area contributed by atoms with Crippen LogP contribution in [0.3, 0.4) is 0 Å². The van der Waals surface area contributed by atoms with Crippen molar-refractivity contribution in [3.8, 4) is 11.4 Å². The van der Waals surface area contributed by atoms with E-state index >= 15 is 0 Å². The van der Waals surface area contributed by atoms with Crippen molar-refractivity contribution in [3.05, 3.63) is 79.8 Å². The zero-order valence-electron chi connectivity index (χ0n) is 12.1. The van der Waals surface area contributed by atoms with Crippen molar-refractivity contribution in [2.24, 2.45) is 0 Å². The third kappa shape index (κ3) is 2.70. The third-order valence-electron chi connectivity index (χ3n) is 3.41. The number of rotatable bonds is 2. The molecule has 0 N–H and O–H groups in total. The first-order chi connectivity index (χ1) is 11.6. The number of hydrogen-bond acceptors (Lipinski definition) is 4. The number of hydrogen-bond donors (Lipinski definition) is 0. The standard InChI is InChI=1S/C17H9ClFN3OS/c18-12-5-2-4-11(9-12)15-20-17-22(21-15)16(23)14(24-17)8-10-3-1-6-13(19)7-10/h1-9H. The van der Waals surface area contributed by atoms with Crippen LogP contribution in [-0.2, 0) is 0 Å². The van der Waals surface area contributed by atoms with Gasteiger partial charge in [-0.2, -0.15) is 9.50 Å². The van der Waals surface area contributed by atoms with E-state index < -0.39 is 0 Å². The van der Waals surface area contributed by atoms with E-state index in [2.05, 4.69) is 10.1 Å². The average Bonchev–Trinajstić information content (AvgIpc) is 3.08. The Balaban J connectivity index is 1.83. The predicted octanol–water partition coefficient (Wildman–Crippen LogP) is 3.16. The normalized spacial score (nSPS) is 12.2. The zero-order chi connectivity index (χ0) is 16.7. The molecule has 0 amide bonds. The Hall–Kier alpha value is -2.57. The fourth-order valence-corrected chi connectivity index (χ4v) is 3.43. The van der Waals surface area contributed by atoms with Gasteiger partial charge < -0.3 is 0 Å². The van der Waals surface area contributed by atoms with Gasteiger partial charge in [-0.15, -0.1) is 5.10 Å². The first-order valence-corrected chi connectivity index (χ1v) is 8.22. The van der Waals surface area contributed by atoms with Crippen LogP contribution in [-0.4, -0.2) is 14.6 Å². The first kappa shape index (κ1) is 15.0. The summed E-state index contributed by atoms with van der Waals surface area (Å²) in [6.45, 7) is 0. The Morgan fingerprint density at radius 3 is 2.75 bits per heavy atom. The Bertz CT molecular complexity index is 1170. The van der Waals surface area contributed by atoms with E-state index in [1.165, 1.54) is 28.0 Å². The first-order valence-electron chi connectivity index (χ1n) is 7.03. The molecule has 0 radical (unpaired) electrons. The SMILES string of the molecule is O=c1c(=Cc2cccc(F)c2)sc2nc(-c3cccc(Cl)c3)nn12. The van der Waals surface area contributed by atoms with Crippen LogP contribution in [0.25, 0.3) is 22.4 Å². The van der Waals surface area contributed by atoms with Gasteiger partial charge in [0.2, 0.25) is 4.96 Å². The van der Waals surface area contributed by atoms with Crippen molar-refractivity contribution in [2.75, 3.05) is 0 Å². The quantitative estimate of drug-likeness (QED) is 0.553. The summed E-state index contributed by atoms with van der Waals surface area (Å²) in [6, 6.07) is 13.2. The molecule has 0 aliphatic carbocycles. The van der Waals surface area contributed by atoms with Gasteiger partial charge in [0.25, 0.3) is 5.56 Å². The van der Waals surface area contributed by atoms with Crippen LogP contribution < -0.4 is 10.1 Å². The Labute approximate surface area is 144 Å². The van der Waals surface area contributed by atoms with E-state index in [1.807, 2.05) is 6.07 Å². The van der Waals surface area contributed by atoms with Crippen LogP contribution in [0, 0.1) is 5.82 Å². The van der Waals surface area contributed by atoms with Crippen LogP contribution in [0.5, 0.6) is 0 Å². The molecule has 7 heteroatoms. The van der Waals surface area contributed by atoms with Crippen molar-refractivity contribution in [1.29, 1.82) is 0 Å². The molecule has 2 aromatic heterocycles. The van der Waals surface area contributed by atoms with Crippen LogP contribution in [0.1, 0.15) is 5.56 Å². The summed E-state index contributed by atoms with van der Waals surface area (Å²) in [5.74, 6) is 0.0945. The molecule has 24 heavy (non-hydrogen) atoms. The fourth-order valence-electron chi connectivity index (χ4n) is 2.33. The number of aromatic nitrogens is 3. The number of fused-ring (bicyclic) bond motifs is 1. The molecule has 4 nitrogen and oxygen atoms in total. The van der Waals surface area contributed by atoms with Gasteiger partial charge in [0.15, 0.2) is 5.82 Å². The number of thiazole rings is 1. The minimum atomic E-state index is -0.348. The van der Waals surface area contributed by atoms with Gasteiger partial charge in [-0.3, -0.25) is 4.79 Å². The maximum absolute atomic E-state index is 13.3. The minimum absolute atomic E-state index is 0.278. The molecule has 0 spiro atoms. The van der Waals surface area contributed by atoms with Gasteiger partial charge >= 0.3 is 0 Å². The van der Waals surface area contributed by atoms with E-state index in [-0.39, 0.29) is 11.4 Å². The van der Waals surface area contributed by atoms with Gasteiger partial charge in [0.1, 0.15) is 5.82 Å².